The molecule has 3 heterocycles. The van der Waals surface area contributed by atoms with E-state index in [0.717, 1.165) is 29.0 Å². The van der Waals surface area contributed by atoms with Crippen molar-refractivity contribution in [2.45, 2.75) is 26.8 Å². The molecule has 100 valence electrons. The van der Waals surface area contributed by atoms with Crippen LogP contribution >= 0.6 is 0 Å². The number of hydrogen-bond acceptors (Lipinski definition) is 5. The molecule has 7 nitrogen and oxygen atoms in total. The van der Waals surface area contributed by atoms with Crippen LogP contribution in [0.15, 0.2) is 10.6 Å². The SMILES string of the molecule is CCc1nn(C)c2c1nc(N)n2Cc1ncc(C)o1. The van der Waals surface area contributed by atoms with Crippen molar-refractivity contribution in [3.8, 4) is 0 Å². The van der Waals surface area contributed by atoms with Crippen LogP contribution in [-0.2, 0) is 20.0 Å². The molecule has 3 aromatic rings. The summed E-state index contributed by atoms with van der Waals surface area (Å²) in [5, 5.41) is 4.44. The Kier molecular flexibility index (Phi) is 2.55. The highest BCUT2D eigenvalue weighted by Crippen LogP contribution is 2.22. The predicted molar refractivity (Wildman–Crippen MR) is 70.6 cm³/mol. The minimum atomic E-state index is 0.452. The van der Waals surface area contributed by atoms with Gasteiger partial charge >= 0.3 is 0 Å². The summed E-state index contributed by atoms with van der Waals surface area (Å²) in [6.07, 6.45) is 2.52. The molecule has 0 fully saturated rings. The van der Waals surface area contributed by atoms with E-state index in [1.165, 1.54) is 0 Å². The highest BCUT2D eigenvalue weighted by Gasteiger charge is 2.18. The van der Waals surface area contributed by atoms with Crippen LogP contribution in [0.5, 0.6) is 0 Å². The van der Waals surface area contributed by atoms with Crippen LogP contribution in [0.1, 0.15) is 24.3 Å². The second-order valence-corrected chi connectivity index (χ2v) is 4.52. The normalized spacial score (nSPS) is 11.5. The summed E-state index contributed by atoms with van der Waals surface area (Å²) < 4.78 is 9.16. The third kappa shape index (κ3) is 1.78. The minimum absolute atomic E-state index is 0.452. The van der Waals surface area contributed by atoms with Crippen LogP contribution in [0.2, 0.25) is 0 Å². The van der Waals surface area contributed by atoms with Gasteiger partial charge < -0.3 is 10.2 Å². The number of nitrogen functional groups attached to an aromatic ring is 1. The first-order valence-corrected chi connectivity index (χ1v) is 6.19. The summed E-state index contributed by atoms with van der Waals surface area (Å²) in [6.45, 7) is 4.37. The number of fused-ring (bicyclic) bond motifs is 1. The van der Waals surface area contributed by atoms with Crippen molar-refractivity contribution >= 4 is 17.1 Å². The number of hydrogen-bond donors (Lipinski definition) is 1. The molecule has 2 N–H and O–H groups in total. The number of nitrogens with two attached hydrogens (primary N) is 1. The number of oxazole rings is 1. The summed E-state index contributed by atoms with van der Waals surface area (Å²) in [7, 11) is 1.89. The minimum Gasteiger partial charge on any atom is -0.444 e. The van der Waals surface area contributed by atoms with Crippen molar-refractivity contribution in [3.05, 3.63) is 23.5 Å². The number of anilines is 1. The molecule has 0 spiro atoms. The van der Waals surface area contributed by atoms with Gasteiger partial charge in [-0.15, -0.1) is 0 Å². The fourth-order valence-electron chi connectivity index (χ4n) is 2.26. The Morgan fingerprint density at radius 1 is 1.42 bits per heavy atom. The van der Waals surface area contributed by atoms with E-state index in [2.05, 4.69) is 22.0 Å². The Morgan fingerprint density at radius 2 is 2.21 bits per heavy atom. The maximum atomic E-state index is 5.99. The Hall–Kier alpha value is -2.31. The lowest BCUT2D eigenvalue weighted by atomic mass is 10.3. The van der Waals surface area contributed by atoms with Crippen LogP contribution in [0.3, 0.4) is 0 Å². The van der Waals surface area contributed by atoms with Crippen molar-refractivity contribution in [2.75, 3.05) is 5.73 Å². The molecule has 3 aromatic heterocycles. The molecule has 0 radical (unpaired) electrons. The van der Waals surface area contributed by atoms with Gasteiger partial charge in [0.15, 0.2) is 5.65 Å². The molecule has 0 saturated carbocycles. The van der Waals surface area contributed by atoms with E-state index in [9.17, 15) is 0 Å². The molecule has 0 atom stereocenters. The molecule has 0 unspecified atom stereocenters. The second kappa shape index (κ2) is 4.11. The van der Waals surface area contributed by atoms with E-state index in [1.54, 1.807) is 10.9 Å². The van der Waals surface area contributed by atoms with Crippen LogP contribution in [0.4, 0.5) is 5.95 Å². The van der Waals surface area contributed by atoms with Gasteiger partial charge in [0.25, 0.3) is 0 Å². The zero-order chi connectivity index (χ0) is 13.6. The van der Waals surface area contributed by atoms with Gasteiger partial charge in [-0.05, 0) is 13.3 Å². The number of rotatable bonds is 3. The zero-order valence-electron chi connectivity index (χ0n) is 11.2. The van der Waals surface area contributed by atoms with Gasteiger partial charge in [0.05, 0.1) is 11.9 Å². The zero-order valence-corrected chi connectivity index (χ0v) is 11.2. The molecule has 7 heteroatoms. The molecule has 19 heavy (non-hydrogen) atoms. The van der Waals surface area contributed by atoms with Gasteiger partial charge in [-0.25, -0.2) is 9.97 Å². The third-order valence-electron chi connectivity index (χ3n) is 3.12. The van der Waals surface area contributed by atoms with Gasteiger partial charge in [-0.1, -0.05) is 6.92 Å². The van der Waals surface area contributed by atoms with Crippen LogP contribution in [-0.4, -0.2) is 24.3 Å². The second-order valence-electron chi connectivity index (χ2n) is 4.52. The Morgan fingerprint density at radius 3 is 2.84 bits per heavy atom. The standard InChI is InChI=1S/C12H16N6O/c1-4-8-10-11(17(3)16-8)18(12(13)15-10)6-9-14-5-7(2)19-9/h5H,4,6H2,1-3H3,(H2,13,15). The van der Waals surface area contributed by atoms with E-state index in [0.29, 0.717) is 18.4 Å². The lowest BCUT2D eigenvalue weighted by Crippen LogP contribution is -2.08. The van der Waals surface area contributed by atoms with Crippen LogP contribution in [0.25, 0.3) is 11.2 Å². The number of nitrogens with zero attached hydrogens (tertiary/aromatic N) is 5. The summed E-state index contributed by atoms with van der Waals surface area (Å²) in [5.74, 6) is 1.85. The van der Waals surface area contributed by atoms with E-state index in [1.807, 2.05) is 18.5 Å². The molecular formula is C12H16N6O. The van der Waals surface area contributed by atoms with Crippen molar-refractivity contribution in [2.24, 2.45) is 7.05 Å². The van der Waals surface area contributed by atoms with Crippen molar-refractivity contribution in [3.63, 3.8) is 0 Å². The Bertz CT molecular complexity index is 735. The quantitative estimate of drug-likeness (QED) is 0.766. The highest BCUT2D eigenvalue weighted by atomic mass is 16.4. The third-order valence-corrected chi connectivity index (χ3v) is 3.12. The van der Waals surface area contributed by atoms with Gasteiger partial charge in [0.1, 0.15) is 17.8 Å². The topological polar surface area (TPSA) is 87.7 Å². The first-order chi connectivity index (χ1) is 9.10. The molecule has 0 saturated heterocycles. The van der Waals surface area contributed by atoms with Crippen LogP contribution < -0.4 is 5.73 Å². The van der Waals surface area contributed by atoms with Crippen molar-refractivity contribution < 1.29 is 4.42 Å². The summed E-state index contributed by atoms with van der Waals surface area (Å²) >= 11 is 0. The Labute approximate surface area is 110 Å². The maximum absolute atomic E-state index is 5.99. The average molecular weight is 260 g/mol. The molecule has 0 aromatic carbocycles. The highest BCUT2D eigenvalue weighted by molar-refractivity contribution is 5.77. The molecule has 0 aliphatic carbocycles. The van der Waals surface area contributed by atoms with Gasteiger partial charge in [0, 0.05) is 7.05 Å². The van der Waals surface area contributed by atoms with E-state index in [4.69, 9.17) is 10.2 Å². The predicted octanol–water partition coefficient (Wildman–Crippen LogP) is 1.26. The average Bonchev–Trinajstić information content (AvgIpc) is 3.00. The fraction of sp³-hybridized carbons (Fsp3) is 0.417. The van der Waals surface area contributed by atoms with E-state index in [-0.39, 0.29) is 0 Å². The summed E-state index contributed by atoms with van der Waals surface area (Å²) in [6, 6.07) is 0. The fourth-order valence-corrected chi connectivity index (χ4v) is 2.26. The van der Waals surface area contributed by atoms with E-state index >= 15 is 0 Å². The molecular weight excluding hydrogens is 244 g/mol. The lowest BCUT2D eigenvalue weighted by molar-refractivity contribution is 0.459. The molecule has 0 amide bonds. The monoisotopic (exact) mass is 260 g/mol. The van der Waals surface area contributed by atoms with Gasteiger partial charge in [0.2, 0.25) is 11.8 Å². The number of imidazole rings is 1. The first-order valence-electron chi connectivity index (χ1n) is 6.19. The van der Waals surface area contributed by atoms with Crippen LogP contribution in [0, 0.1) is 6.92 Å². The van der Waals surface area contributed by atoms with Crippen molar-refractivity contribution in [1.29, 1.82) is 0 Å². The number of aryl methyl sites for hydroxylation is 3. The largest absolute Gasteiger partial charge is 0.444 e. The van der Waals surface area contributed by atoms with Gasteiger partial charge in [-0.3, -0.25) is 9.25 Å². The van der Waals surface area contributed by atoms with Gasteiger partial charge in [-0.2, -0.15) is 5.10 Å². The molecule has 0 bridgehead atoms. The Balaban J connectivity index is 2.12. The number of aromatic nitrogens is 5. The van der Waals surface area contributed by atoms with Crippen molar-refractivity contribution in [1.82, 2.24) is 24.3 Å². The molecule has 3 rings (SSSR count). The molecule has 0 aliphatic heterocycles. The maximum Gasteiger partial charge on any atom is 0.214 e. The van der Waals surface area contributed by atoms with E-state index < -0.39 is 0 Å². The summed E-state index contributed by atoms with van der Waals surface area (Å²) in [4.78, 5) is 8.59. The summed E-state index contributed by atoms with van der Waals surface area (Å²) in [5.41, 5.74) is 8.68. The first kappa shape index (κ1) is 11.8. The smallest absolute Gasteiger partial charge is 0.214 e. The lowest BCUT2D eigenvalue weighted by Gasteiger charge is -2.03. The molecule has 0 aliphatic rings.